The molecular formula is C12H12N2O4. The van der Waals surface area contributed by atoms with Gasteiger partial charge in [0.05, 0.1) is 11.5 Å². The Kier molecular flexibility index (Phi) is 4.81. The molecule has 6 heteroatoms. The summed E-state index contributed by atoms with van der Waals surface area (Å²) in [6, 6.07) is 1.51. The molecule has 0 bridgehead atoms. The third-order valence-corrected chi connectivity index (χ3v) is 2.03. The van der Waals surface area contributed by atoms with E-state index in [2.05, 4.69) is 16.8 Å². The van der Waals surface area contributed by atoms with E-state index in [0.29, 0.717) is 17.9 Å². The minimum atomic E-state index is -0.502. The van der Waals surface area contributed by atoms with E-state index >= 15 is 0 Å². The molecule has 0 saturated carbocycles. The number of esters is 1. The molecule has 0 atom stereocenters. The van der Waals surface area contributed by atoms with Crippen LogP contribution in [0, 0.1) is 28.9 Å². The molecule has 0 aromatic carbocycles. The van der Waals surface area contributed by atoms with Gasteiger partial charge in [-0.05, 0) is 25.8 Å². The smallest absolute Gasteiger partial charge is 0.317 e. The quantitative estimate of drug-likeness (QED) is 0.351. The highest BCUT2D eigenvalue weighted by Gasteiger charge is 2.10. The van der Waals surface area contributed by atoms with Gasteiger partial charge < -0.3 is 4.74 Å². The summed E-state index contributed by atoms with van der Waals surface area (Å²) in [4.78, 5) is 24.9. The molecular weight excluding hydrogens is 236 g/mol. The second-order valence-corrected chi connectivity index (χ2v) is 3.40. The lowest BCUT2D eigenvalue weighted by atomic mass is 10.2. The first-order valence-corrected chi connectivity index (χ1v) is 5.30. The number of nitro groups is 1. The molecule has 0 N–H and O–H groups in total. The molecule has 18 heavy (non-hydrogen) atoms. The number of hydrogen-bond donors (Lipinski definition) is 0. The molecule has 0 aliphatic rings. The zero-order valence-electron chi connectivity index (χ0n) is 10.1. The third-order valence-electron chi connectivity index (χ3n) is 2.03. The lowest BCUT2D eigenvalue weighted by Crippen LogP contribution is -2.01. The van der Waals surface area contributed by atoms with Crippen molar-refractivity contribution < 1.29 is 14.5 Å². The molecule has 0 amide bonds. The van der Waals surface area contributed by atoms with E-state index in [1.54, 1.807) is 13.8 Å². The molecule has 1 rings (SSSR count). The Morgan fingerprint density at radius 1 is 1.61 bits per heavy atom. The van der Waals surface area contributed by atoms with Gasteiger partial charge in [0.15, 0.2) is 0 Å². The molecule has 0 unspecified atom stereocenters. The number of rotatable bonds is 3. The SMILES string of the molecule is CCOC(=O)CC#Cc1cc(C)c([N+](=O)[O-])cn1. The van der Waals surface area contributed by atoms with Gasteiger partial charge in [0.25, 0.3) is 5.69 Å². The molecule has 0 fully saturated rings. The second-order valence-electron chi connectivity index (χ2n) is 3.40. The van der Waals surface area contributed by atoms with Crippen LogP contribution in [0.15, 0.2) is 12.3 Å². The summed E-state index contributed by atoms with van der Waals surface area (Å²) in [6.45, 7) is 3.64. The lowest BCUT2D eigenvalue weighted by Gasteiger charge is -1.96. The van der Waals surface area contributed by atoms with Crippen LogP contribution in [0.1, 0.15) is 24.6 Å². The molecule has 0 radical (unpaired) electrons. The van der Waals surface area contributed by atoms with Crippen LogP contribution in [0.2, 0.25) is 0 Å². The highest BCUT2D eigenvalue weighted by molar-refractivity contribution is 5.72. The van der Waals surface area contributed by atoms with E-state index in [0.717, 1.165) is 6.20 Å². The van der Waals surface area contributed by atoms with Crippen LogP contribution < -0.4 is 0 Å². The van der Waals surface area contributed by atoms with Crippen LogP contribution in [0.25, 0.3) is 0 Å². The molecule has 0 saturated heterocycles. The fourth-order valence-electron chi connectivity index (χ4n) is 1.23. The summed E-state index contributed by atoms with van der Waals surface area (Å²) >= 11 is 0. The van der Waals surface area contributed by atoms with E-state index < -0.39 is 10.9 Å². The van der Waals surface area contributed by atoms with Crippen molar-refractivity contribution in [3.05, 3.63) is 33.6 Å². The van der Waals surface area contributed by atoms with Crippen LogP contribution in [-0.2, 0) is 9.53 Å². The van der Waals surface area contributed by atoms with Gasteiger partial charge >= 0.3 is 5.97 Å². The lowest BCUT2D eigenvalue weighted by molar-refractivity contribution is -0.385. The number of carbonyl (C=O) groups excluding carboxylic acids is 1. The van der Waals surface area contributed by atoms with Crippen molar-refractivity contribution in [3.63, 3.8) is 0 Å². The zero-order chi connectivity index (χ0) is 13.5. The Labute approximate surface area is 104 Å². The van der Waals surface area contributed by atoms with Crippen LogP contribution in [0.3, 0.4) is 0 Å². The maximum absolute atomic E-state index is 11.0. The first-order chi connectivity index (χ1) is 8.54. The van der Waals surface area contributed by atoms with E-state index in [4.69, 9.17) is 4.74 Å². The Morgan fingerprint density at radius 2 is 2.33 bits per heavy atom. The van der Waals surface area contributed by atoms with Crippen LogP contribution in [0.4, 0.5) is 5.69 Å². The van der Waals surface area contributed by atoms with Crippen molar-refractivity contribution in [1.29, 1.82) is 0 Å². The monoisotopic (exact) mass is 248 g/mol. The predicted molar refractivity (Wildman–Crippen MR) is 63.8 cm³/mol. The van der Waals surface area contributed by atoms with Gasteiger partial charge in [-0.15, -0.1) is 0 Å². The first kappa shape index (κ1) is 13.6. The molecule has 0 spiro atoms. The molecule has 1 aromatic rings. The minimum Gasteiger partial charge on any atom is -0.465 e. The van der Waals surface area contributed by atoms with E-state index in [1.807, 2.05) is 0 Å². The first-order valence-electron chi connectivity index (χ1n) is 5.30. The normalized spacial score (nSPS) is 9.22. The highest BCUT2D eigenvalue weighted by atomic mass is 16.6. The fourth-order valence-corrected chi connectivity index (χ4v) is 1.23. The number of aromatic nitrogens is 1. The van der Waals surface area contributed by atoms with E-state index in [9.17, 15) is 14.9 Å². The average Bonchev–Trinajstić information content (AvgIpc) is 2.29. The standard InChI is InChI=1S/C12H12N2O4/c1-3-18-12(15)6-4-5-10-7-9(2)11(8-13-10)14(16)17/h7-8H,3,6H2,1-2H3. The van der Waals surface area contributed by atoms with E-state index in [-0.39, 0.29) is 12.1 Å². The van der Waals surface area contributed by atoms with Crippen molar-refractivity contribution in [2.75, 3.05) is 6.61 Å². The summed E-state index contributed by atoms with van der Waals surface area (Å²) in [7, 11) is 0. The summed E-state index contributed by atoms with van der Waals surface area (Å²) in [5.74, 6) is 4.86. The Morgan fingerprint density at radius 3 is 2.89 bits per heavy atom. The minimum absolute atomic E-state index is 0.0223. The summed E-state index contributed by atoms with van der Waals surface area (Å²) < 4.78 is 4.70. The topological polar surface area (TPSA) is 82.3 Å². The number of carbonyl (C=O) groups is 1. The molecule has 0 aliphatic carbocycles. The third kappa shape index (κ3) is 3.87. The number of hydrogen-bond acceptors (Lipinski definition) is 5. The van der Waals surface area contributed by atoms with Gasteiger partial charge in [0, 0.05) is 5.56 Å². The number of pyridine rings is 1. The molecule has 1 aromatic heterocycles. The molecule has 6 nitrogen and oxygen atoms in total. The van der Waals surface area contributed by atoms with Crippen molar-refractivity contribution in [2.24, 2.45) is 0 Å². The predicted octanol–water partition coefficient (Wildman–Crippen LogP) is 1.60. The summed E-state index contributed by atoms with van der Waals surface area (Å²) in [5, 5.41) is 10.6. The fraction of sp³-hybridized carbons (Fsp3) is 0.333. The molecule has 1 heterocycles. The molecule has 0 aliphatic heterocycles. The number of ether oxygens (including phenoxy) is 1. The van der Waals surface area contributed by atoms with Gasteiger partial charge in [-0.2, -0.15) is 0 Å². The average molecular weight is 248 g/mol. The zero-order valence-corrected chi connectivity index (χ0v) is 10.1. The highest BCUT2D eigenvalue weighted by Crippen LogP contribution is 2.15. The van der Waals surface area contributed by atoms with Crippen molar-refractivity contribution in [1.82, 2.24) is 4.98 Å². The van der Waals surface area contributed by atoms with Crippen molar-refractivity contribution in [3.8, 4) is 11.8 Å². The maximum Gasteiger partial charge on any atom is 0.317 e. The Balaban J connectivity index is 2.75. The van der Waals surface area contributed by atoms with Crippen molar-refractivity contribution >= 4 is 11.7 Å². The summed E-state index contributed by atoms with van der Waals surface area (Å²) in [5.41, 5.74) is 0.823. The Hall–Kier alpha value is -2.42. The maximum atomic E-state index is 11.0. The van der Waals surface area contributed by atoms with Crippen LogP contribution in [0.5, 0.6) is 0 Å². The second kappa shape index (κ2) is 6.35. The number of nitrogens with zero attached hydrogens (tertiary/aromatic N) is 2. The largest absolute Gasteiger partial charge is 0.465 e. The van der Waals surface area contributed by atoms with Gasteiger partial charge in [-0.25, -0.2) is 4.98 Å². The van der Waals surface area contributed by atoms with Gasteiger partial charge in [-0.1, -0.05) is 5.92 Å². The number of aryl methyl sites for hydroxylation is 1. The van der Waals surface area contributed by atoms with Gasteiger partial charge in [0.2, 0.25) is 0 Å². The van der Waals surface area contributed by atoms with Crippen LogP contribution >= 0.6 is 0 Å². The Bertz CT molecular complexity index is 529. The van der Waals surface area contributed by atoms with Gasteiger partial charge in [0.1, 0.15) is 18.3 Å². The summed E-state index contributed by atoms with van der Waals surface area (Å²) in [6.07, 6.45) is 1.13. The van der Waals surface area contributed by atoms with Crippen molar-refractivity contribution in [2.45, 2.75) is 20.3 Å². The van der Waals surface area contributed by atoms with E-state index in [1.165, 1.54) is 6.07 Å². The van der Waals surface area contributed by atoms with Gasteiger partial charge in [-0.3, -0.25) is 14.9 Å². The van der Waals surface area contributed by atoms with Crippen LogP contribution in [-0.4, -0.2) is 22.5 Å². The molecule has 94 valence electrons.